The third-order valence-electron chi connectivity index (χ3n) is 2.36. The van der Waals surface area contributed by atoms with Crippen molar-refractivity contribution in [2.75, 3.05) is 0 Å². The lowest BCUT2D eigenvalue weighted by molar-refractivity contribution is 1.30. The predicted molar refractivity (Wildman–Crippen MR) is 64.5 cm³/mol. The SMILES string of the molecule is [B]c1cc2[nH]c3cc(Br)ncc3c2cn1. The highest BCUT2D eigenvalue weighted by atomic mass is 79.9. The van der Waals surface area contributed by atoms with E-state index in [2.05, 4.69) is 30.9 Å². The van der Waals surface area contributed by atoms with Gasteiger partial charge >= 0.3 is 0 Å². The van der Waals surface area contributed by atoms with Crippen molar-refractivity contribution in [1.82, 2.24) is 15.0 Å². The van der Waals surface area contributed by atoms with Crippen molar-refractivity contribution in [2.24, 2.45) is 0 Å². The van der Waals surface area contributed by atoms with Crippen molar-refractivity contribution in [1.29, 1.82) is 0 Å². The normalized spacial score (nSPS) is 11.3. The molecule has 1 N–H and O–H groups in total. The van der Waals surface area contributed by atoms with Crippen LogP contribution in [0.2, 0.25) is 0 Å². The lowest BCUT2D eigenvalue weighted by Crippen LogP contribution is -2.05. The second kappa shape index (κ2) is 3.07. The smallest absolute Gasteiger partial charge is 0.141 e. The molecule has 3 nitrogen and oxygen atoms in total. The first-order valence-electron chi connectivity index (χ1n) is 4.42. The van der Waals surface area contributed by atoms with Crippen LogP contribution < -0.4 is 5.59 Å². The van der Waals surface area contributed by atoms with Gasteiger partial charge in [0.05, 0.1) is 5.52 Å². The summed E-state index contributed by atoms with van der Waals surface area (Å²) in [6.07, 6.45) is 3.58. The molecular weight excluding hydrogens is 253 g/mol. The third kappa shape index (κ3) is 1.34. The fourth-order valence-electron chi connectivity index (χ4n) is 1.68. The van der Waals surface area contributed by atoms with Crippen LogP contribution in [0.5, 0.6) is 0 Å². The molecule has 0 saturated carbocycles. The fraction of sp³-hybridized carbons (Fsp3) is 0. The lowest BCUT2D eigenvalue weighted by Gasteiger charge is -1.92. The Kier molecular flexibility index (Phi) is 1.82. The van der Waals surface area contributed by atoms with Gasteiger partial charge in [0.25, 0.3) is 0 Å². The van der Waals surface area contributed by atoms with Gasteiger partial charge in [-0.25, -0.2) is 4.98 Å². The number of fused-ring (bicyclic) bond motifs is 3. The van der Waals surface area contributed by atoms with E-state index in [9.17, 15) is 0 Å². The molecule has 2 radical (unpaired) electrons. The largest absolute Gasteiger partial charge is 0.354 e. The van der Waals surface area contributed by atoms with Gasteiger partial charge in [0.1, 0.15) is 12.4 Å². The highest BCUT2D eigenvalue weighted by Crippen LogP contribution is 2.24. The van der Waals surface area contributed by atoms with E-state index in [4.69, 9.17) is 7.85 Å². The summed E-state index contributed by atoms with van der Waals surface area (Å²) < 4.78 is 0.808. The van der Waals surface area contributed by atoms with Crippen molar-refractivity contribution >= 4 is 51.2 Å². The van der Waals surface area contributed by atoms with Crippen LogP contribution in [0.15, 0.2) is 29.1 Å². The van der Waals surface area contributed by atoms with Gasteiger partial charge in [0.15, 0.2) is 0 Å². The maximum absolute atomic E-state index is 5.62. The van der Waals surface area contributed by atoms with Crippen LogP contribution in [0.4, 0.5) is 0 Å². The van der Waals surface area contributed by atoms with Crippen LogP contribution in [0.3, 0.4) is 0 Å². The van der Waals surface area contributed by atoms with Gasteiger partial charge in [0.2, 0.25) is 0 Å². The molecule has 0 aliphatic heterocycles. The summed E-state index contributed by atoms with van der Waals surface area (Å²) in [6.45, 7) is 0. The maximum Gasteiger partial charge on any atom is 0.141 e. The van der Waals surface area contributed by atoms with E-state index in [1.54, 1.807) is 6.20 Å². The molecule has 70 valence electrons. The Morgan fingerprint density at radius 2 is 1.73 bits per heavy atom. The number of hydrogen-bond donors (Lipinski definition) is 1. The second-order valence-electron chi connectivity index (χ2n) is 3.33. The molecule has 0 amide bonds. The summed E-state index contributed by atoms with van der Waals surface area (Å²) in [6, 6.07) is 3.76. The summed E-state index contributed by atoms with van der Waals surface area (Å²) in [5.74, 6) is 0. The van der Waals surface area contributed by atoms with Gasteiger partial charge in [0, 0.05) is 28.7 Å². The molecule has 0 saturated heterocycles. The Morgan fingerprint density at radius 1 is 1.07 bits per heavy atom. The Hall–Kier alpha value is -1.36. The molecule has 3 rings (SSSR count). The molecule has 0 bridgehead atoms. The standard InChI is InChI=1S/C10H5BBrN3/c11-9-1-7-5(3-13-9)6-4-14-10(12)2-8(6)15-7/h1-4,15H. The number of nitrogens with one attached hydrogen (secondary N) is 1. The zero-order chi connectivity index (χ0) is 10.4. The van der Waals surface area contributed by atoms with Crippen molar-refractivity contribution in [3.8, 4) is 0 Å². The first-order valence-corrected chi connectivity index (χ1v) is 5.22. The molecule has 0 aliphatic rings. The van der Waals surface area contributed by atoms with E-state index in [1.165, 1.54) is 0 Å². The van der Waals surface area contributed by atoms with Crippen LogP contribution in [-0.4, -0.2) is 22.8 Å². The number of H-pyrrole nitrogens is 1. The zero-order valence-electron chi connectivity index (χ0n) is 7.66. The molecule has 0 atom stereocenters. The minimum atomic E-state index is 0.515. The van der Waals surface area contributed by atoms with E-state index in [-0.39, 0.29) is 0 Å². The number of hydrogen-bond acceptors (Lipinski definition) is 2. The number of pyridine rings is 2. The molecule has 0 aromatic carbocycles. The third-order valence-corrected chi connectivity index (χ3v) is 2.79. The van der Waals surface area contributed by atoms with Crippen LogP contribution in [0, 0.1) is 0 Å². The maximum atomic E-state index is 5.62. The predicted octanol–water partition coefficient (Wildman–Crippen LogP) is 1.67. The second-order valence-corrected chi connectivity index (χ2v) is 4.14. The van der Waals surface area contributed by atoms with Crippen molar-refractivity contribution in [3.05, 3.63) is 29.1 Å². The van der Waals surface area contributed by atoms with Gasteiger partial charge in [-0.15, -0.1) is 0 Å². The lowest BCUT2D eigenvalue weighted by atomic mass is 10.0. The van der Waals surface area contributed by atoms with E-state index in [0.29, 0.717) is 5.59 Å². The molecule has 15 heavy (non-hydrogen) atoms. The van der Waals surface area contributed by atoms with Gasteiger partial charge < -0.3 is 4.98 Å². The van der Waals surface area contributed by atoms with Crippen molar-refractivity contribution in [2.45, 2.75) is 0 Å². The molecular formula is C10H5BBrN3. The monoisotopic (exact) mass is 257 g/mol. The van der Waals surface area contributed by atoms with Gasteiger partial charge in [-0.3, -0.25) is 4.98 Å². The molecule has 0 unspecified atom stereocenters. The van der Waals surface area contributed by atoms with Gasteiger partial charge in [-0.1, -0.05) is 0 Å². The average Bonchev–Trinajstić information content (AvgIpc) is 2.53. The molecule has 0 aliphatic carbocycles. The quantitative estimate of drug-likeness (QED) is 0.492. The van der Waals surface area contributed by atoms with Crippen LogP contribution in [0.25, 0.3) is 21.8 Å². The molecule has 0 fully saturated rings. The van der Waals surface area contributed by atoms with Gasteiger partial charge in [-0.2, -0.15) is 0 Å². The van der Waals surface area contributed by atoms with E-state index in [0.717, 1.165) is 26.4 Å². The van der Waals surface area contributed by atoms with Crippen LogP contribution in [0.1, 0.15) is 0 Å². The van der Waals surface area contributed by atoms with Gasteiger partial charge in [-0.05, 0) is 33.7 Å². The molecule has 3 heterocycles. The van der Waals surface area contributed by atoms with E-state index in [1.807, 2.05) is 18.3 Å². The number of halogens is 1. The summed E-state index contributed by atoms with van der Waals surface area (Å²) in [7, 11) is 5.62. The first-order chi connectivity index (χ1) is 7.24. The van der Waals surface area contributed by atoms with E-state index < -0.39 is 0 Å². The highest BCUT2D eigenvalue weighted by molar-refractivity contribution is 9.10. The van der Waals surface area contributed by atoms with Crippen LogP contribution >= 0.6 is 15.9 Å². The number of nitrogens with zero attached hydrogens (tertiary/aromatic N) is 2. The van der Waals surface area contributed by atoms with Crippen LogP contribution in [-0.2, 0) is 0 Å². The Morgan fingerprint density at radius 3 is 2.53 bits per heavy atom. The summed E-state index contributed by atoms with van der Waals surface area (Å²) in [5, 5.41) is 2.10. The molecule has 0 spiro atoms. The molecule has 5 heteroatoms. The Balaban J connectivity index is 2.51. The minimum absolute atomic E-state index is 0.515. The number of aromatic nitrogens is 3. The summed E-state index contributed by atoms with van der Waals surface area (Å²) >= 11 is 3.33. The minimum Gasteiger partial charge on any atom is -0.354 e. The van der Waals surface area contributed by atoms with Crippen molar-refractivity contribution < 1.29 is 0 Å². The fourth-order valence-corrected chi connectivity index (χ4v) is 2.01. The van der Waals surface area contributed by atoms with Crippen molar-refractivity contribution in [3.63, 3.8) is 0 Å². The number of rotatable bonds is 0. The Bertz CT molecular complexity index is 606. The molecule has 3 aromatic heterocycles. The average molecular weight is 258 g/mol. The Labute approximate surface area is 95.5 Å². The summed E-state index contributed by atoms with van der Waals surface area (Å²) in [4.78, 5) is 11.5. The number of aromatic amines is 1. The highest BCUT2D eigenvalue weighted by Gasteiger charge is 2.05. The molecule has 3 aromatic rings. The topological polar surface area (TPSA) is 41.6 Å². The first kappa shape index (κ1) is 8.91. The summed E-state index contributed by atoms with van der Waals surface area (Å²) in [5.41, 5.74) is 2.53. The zero-order valence-corrected chi connectivity index (χ0v) is 9.25. The van der Waals surface area contributed by atoms with E-state index >= 15 is 0 Å².